The van der Waals surface area contributed by atoms with E-state index in [0.29, 0.717) is 31.5 Å². The molecule has 128 valence electrons. The van der Waals surface area contributed by atoms with Crippen LogP contribution in [0.5, 0.6) is 0 Å². The molecule has 0 bridgehead atoms. The molecular weight excluding hydrogens is 316 g/mol. The highest BCUT2D eigenvalue weighted by molar-refractivity contribution is 6.30. The molecule has 3 heterocycles. The Morgan fingerprint density at radius 2 is 2.04 bits per heavy atom. The molecule has 1 aromatic heterocycles. The van der Waals surface area contributed by atoms with Gasteiger partial charge in [0.1, 0.15) is 5.15 Å². The number of hydrogen-bond donors (Lipinski definition) is 0. The van der Waals surface area contributed by atoms with Crippen LogP contribution in [0.2, 0.25) is 5.15 Å². The van der Waals surface area contributed by atoms with Crippen LogP contribution in [0.1, 0.15) is 37.1 Å². The number of ether oxygens (including phenoxy) is 1. The number of hydrogen-bond acceptors (Lipinski definition) is 4. The first kappa shape index (κ1) is 16.7. The zero-order valence-electron chi connectivity index (χ0n) is 14.1. The highest BCUT2D eigenvalue weighted by Crippen LogP contribution is 2.38. The van der Waals surface area contributed by atoms with Gasteiger partial charge in [0.15, 0.2) is 0 Å². The zero-order chi connectivity index (χ0) is 16.6. The van der Waals surface area contributed by atoms with Crippen LogP contribution >= 0.6 is 11.6 Å². The smallest absolute Gasteiger partial charge is 0.239 e. The molecule has 1 amide bonds. The quantitative estimate of drug-likeness (QED) is 0.841. The first-order valence-corrected chi connectivity index (χ1v) is 8.69. The van der Waals surface area contributed by atoms with E-state index < -0.39 is 0 Å². The number of nitrogens with zero attached hydrogens (tertiary/aromatic N) is 4. The number of rotatable bonds is 3. The van der Waals surface area contributed by atoms with Gasteiger partial charge in [0.05, 0.1) is 24.9 Å². The van der Waals surface area contributed by atoms with Crippen molar-refractivity contribution >= 4 is 17.5 Å². The second-order valence-electron chi connectivity index (χ2n) is 6.42. The fourth-order valence-corrected chi connectivity index (χ4v) is 4.08. The molecule has 2 fully saturated rings. The van der Waals surface area contributed by atoms with Crippen molar-refractivity contribution in [2.24, 2.45) is 7.05 Å². The predicted molar refractivity (Wildman–Crippen MR) is 88.5 cm³/mol. The van der Waals surface area contributed by atoms with Crippen molar-refractivity contribution in [1.29, 1.82) is 0 Å². The van der Waals surface area contributed by atoms with Crippen molar-refractivity contribution in [3.63, 3.8) is 0 Å². The summed E-state index contributed by atoms with van der Waals surface area (Å²) in [6.07, 6.45) is 2.10. The highest BCUT2D eigenvalue weighted by Gasteiger charge is 2.37. The van der Waals surface area contributed by atoms with E-state index in [1.807, 2.05) is 25.8 Å². The van der Waals surface area contributed by atoms with Gasteiger partial charge < -0.3 is 9.64 Å². The van der Waals surface area contributed by atoms with Crippen LogP contribution in [-0.4, -0.2) is 64.4 Å². The van der Waals surface area contributed by atoms with E-state index in [9.17, 15) is 4.79 Å². The van der Waals surface area contributed by atoms with Gasteiger partial charge in [0.2, 0.25) is 5.91 Å². The Hall–Kier alpha value is -1.11. The number of aryl methyl sites for hydroxylation is 2. The molecule has 2 saturated heterocycles. The van der Waals surface area contributed by atoms with Gasteiger partial charge in [-0.05, 0) is 33.2 Å². The summed E-state index contributed by atoms with van der Waals surface area (Å²) in [6, 6.07) is 0.0347. The van der Waals surface area contributed by atoms with Crippen molar-refractivity contribution in [2.45, 2.75) is 38.8 Å². The SMILES string of the molecule is Cc1nn(C)c(Cl)c1C1CCCN1C(C)C(=O)N1CCOCC1. The molecule has 2 unspecified atom stereocenters. The van der Waals surface area contributed by atoms with Gasteiger partial charge in [-0.15, -0.1) is 0 Å². The first-order chi connectivity index (χ1) is 11.0. The van der Waals surface area contributed by atoms with Crippen molar-refractivity contribution in [3.8, 4) is 0 Å². The van der Waals surface area contributed by atoms with Gasteiger partial charge in [-0.1, -0.05) is 11.6 Å². The lowest BCUT2D eigenvalue weighted by molar-refractivity contribution is -0.140. The van der Waals surface area contributed by atoms with Crippen LogP contribution in [0.3, 0.4) is 0 Å². The first-order valence-electron chi connectivity index (χ1n) is 8.32. The normalized spacial score (nSPS) is 24.2. The van der Waals surface area contributed by atoms with Gasteiger partial charge in [0, 0.05) is 31.7 Å². The second-order valence-corrected chi connectivity index (χ2v) is 6.78. The Morgan fingerprint density at radius 3 is 2.65 bits per heavy atom. The third kappa shape index (κ3) is 3.12. The molecule has 0 radical (unpaired) electrons. The molecule has 0 aromatic carbocycles. The Labute approximate surface area is 142 Å². The lowest BCUT2D eigenvalue weighted by Crippen LogP contribution is -2.50. The molecular formula is C16H25ClN4O2. The summed E-state index contributed by atoms with van der Waals surface area (Å²) >= 11 is 6.45. The molecule has 6 nitrogen and oxygen atoms in total. The number of carbonyl (C=O) groups excluding carboxylic acids is 1. The van der Waals surface area contributed by atoms with Crippen LogP contribution in [0.25, 0.3) is 0 Å². The largest absolute Gasteiger partial charge is 0.378 e. The van der Waals surface area contributed by atoms with Gasteiger partial charge >= 0.3 is 0 Å². The van der Waals surface area contributed by atoms with Crippen LogP contribution in [0.4, 0.5) is 0 Å². The molecule has 0 aliphatic carbocycles. The summed E-state index contributed by atoms with van der Waals surface area (Å²) in [4.78, 5) is 17.0. The Kier molecular flexibility index (Phi) is 4.94. The average molecular weight is 341 g/mol. The Balaban J connectivity index is 1.79. The highest BCUT2D eigenvalue weighted by atomic mass is 35.5. The van der Waals surface area contributed by atoms with Crippen LogP contribution in [0.15, 0.2) is 0 Å². The number of halogens is 1. The fraction of sp³-hybridized carbons (Fsp3) is 0.750. The number of amides is 1. The van der Waals surface area contributed by atoms with Gasteiger partial charge in [-0.3, -0.25) is 14.4 Å². The molecule has 0 saturated carbocycles. The third-order valence-corrected chi connectivity index (χ3v) is 5.45. The van der Waals surface area contributed by atoms with Crippen molar-refractivity contribution in [1.82, 2.24) is 19.6 Å². The second kappa shape index (κ2) is 6.79. The number of morpholine rings is 1. The van der Waals surface area contributed by atoms with E-state index in [2.05, 4.69) is 10.00 Å². The summed E-state index contributed by atoms with van der Waals surface area (Å²) in [7, 11) is 1.86. The number of aromatic nitrogens is 2. The summed E-state index contributed by atoms with van der Waals surface area (Å²) < 4.78 is 7.06. The van der Waals surface area contributed by atoms with Crippen molar-refractivity contribution < 1.29 is 9.53 Å². The van der Waals surface area contributed by atoms with E-state index in [1.165, 1.54) is 0 Å². The number of likely N-dealkylation sites (tertiary alicyclic amines) is 1. The molecule has 2 aliphatic heterocycles. The van der Waals surface area contributed by atoms with Crippen LogP contribution < -0.4 is 0 Å². The molecule has 23 heavy (non-hydrogen) atoms. The van der Waals surface area contributed by atoms with E-state index in [0.717, 1.165) is 30.6 Å². The Morgan fingerprint density at radius 1 is 1.35 bits per heavy atom. The lowest BCUT2D eigenvalue weighted by Gasteiger charge is -2.35. The molecule has 1 aromatic rings. The van der Waals surface area contributed by atoms with Crippen LogP contribution in [0, 0.1) is 6.92 Å². The minimum atomic E-state index is -0.142. The fourth-order valence-electron chi connectivity index (χ4n) is 3.78. The average Bonchev–Trinajstić information content (AvgIpc) is 3.12. The maximum Gasteiger partial charge on any atom is 0.239 e. The van der Waals surface area contributed by atoms with Gasteiger partial charge in [-0.2, -0.15) is 5.10 Å². The molecule has 0 N–H and O–H groups in total. The summed E-state index contributed by atoms with van der Waals surface area (Å²) in [5, 5.41) is 5.12. The maximum atomic E-state index is 12.8. The predicted octanol–water partition coefficient (Wildman–Crippen LogP) is 1.77. The minimum absolute atomic E-state index is 0.142. The lowest BCUT2D eigenvalue weighted by atomic mass is 10.0. The third-order valence-electron chi connectivity index (χ3n) is 5.00. The van der Waals surface area contributed by atoms with E-state index in [1.54, 1.807) is 4.68 Å². The molecule has 7 heteroatoms. The van der Waals surface area contributed by atoms with E-state index in [4.69, 9.17) is 16.3 Å². The molecule has 2 aliphatic rings. The van der Waals surface area contributed by atoms with Crippen LogP contribution in [-0.2, 0) is 16.6 Å². The van der Waals surface area contributed by atoms with Crippen molar-refractivity contribution in [2.75, 3.05) is 32.8 Å². The summed E-state index contributed by atoms with van der Waals surface area (Å²) in [5.41, 5.74) is 2.04. The van der Waals surface area contributed by atoms with Gasteiger partial charge in [0.25, 0.3) is 0 Å². The van der Waals surface area contributed by atoms with E-state index >= 15 is 0 Å². The monoisotopic (exact) mass is 340 g/mol. The minimum Gasteiger partial charge on any atom is -0.378 e. The van der Waals surface area contributed by atoms with Gasteiger partial charge in [-0.25, -0.2) is 0 Å². The standard InChI is InChI=1S/C16H25ClN4O2/c1-11-14(15(17)19(3)18-11)13-5-4-6-21(13)12(2)16(22)20-7-9-23-10-8-20/h12-13H,4-10H2,1-3H3. The number of carbonyl (C=O) groups is 1. The summed E-state index contributed by atoms with van der Waals surface area (Å²) in [5.74, 6) is 0.192. The van der Waals surface area contributed by atoms with E-state index in [-0.39, 0.29) is 18.0 Å². The maximum absolute atomic E-state index is 12.8. The molecule has 0 spiro atoms. The summed E-state index contributed by atoms with van der Waals surface area (Å²) in [6.45, 7) is 7.57. The zero-order valence-corrected chi connectivity index (χ0v) is 14.8. The molecule has 2 atom stereocenters. The Bertz CT molecular complexity index is 583. The van der Waals surface area contributed by atoms with Crippen molar-refractivity contribution in [3.05, 3.63) is 16.4 Å². The molecule has 3 rings (SSSR count). The topological polar surface area (TPSA) is 50.6 Å².